The standard InChI is InChI=1S/C6H14O3/c1-5(2)9-4-3-6(7)8/h5-8H,3-4H2,1-2H3. The van der Waals surface area contributed by atoms with Crippen LogP contribution < -0.4 is 0 Å². The molecular weight excluding hydrogens is 120 g/mol. The van der Waals surface area contributed by atoms with Crippen molar-refractivity contribution in [2.45, 2.75) is 32.7 Å². The Morgan fingerprint density at radius 2 is 1.89 bits per heavy atom. The molecule has 56 valence electrons. The van der Waals surface area contributed by atoms with E-state index in [4.69, 9.17) is 14.9 Å². The highest BCUT2D eigenvalue weighted by Crippen LogP contribution is 1.91. The summed E-state index contributed by atoms with van der Waals surface area (Å²) in [5, 5.41) is 16.7. The molecule has 0 amide bonds. The van der Waals surface area contributed by atoms with Gasteiger partial charge in [-0.2, -0.15) is 0 Å². The number of hydrogen-bond acceptors (Lipinski definition) is 3. The predicted octanol–water partition coefficient (Wildman–Crippen LogP) is 0.112. The van der Waals surface area contributed by atoms with Crippen LogP contribution in [0, 0.1) is 0 Å². The van der Waals surface area contributed by atoms with Crippen molar-refractivity contribution in [3.05, 3.63) is 0 Å². The molecule has 0 rings (SSSR count). The first kappa shape index (κ1) is 8.88. The van der Waals surface area contributed by atoms with Crippen molar-refractivity contribution in [1.29, 1.82) is 0 Å². The van der Waals surface area contributed by atoms with Crippen molar-refractivity contribution in [2.24, 2.45) is 0 Å². The van der Waals surface area contributed by atoms with Gasteiger partial charge in [-0.3, -0.25) is 0 Å². The van der Waals surface area contributed by atoms with Gasteiger partial charge in [0.05, 0.1) is 12.7 Å². The van der Waals surface area contributed by atoms with Crippen molar-refractivity contribution >= 4 is 0 Å². The summed E-state index contributed by atoms with van der Waals surface area (Å²) in [5.41, 5.74) is 0. The molecule has 0 fully saturated rings. The first-order valence-electron chi connectivity index (χ1n) is 3.10. The molecule has 2 N–H and O–H groups in total. The Hall–Kier alpha value is -0.120. The third-order valence-electron chi connectivity index (χ3n) is 0.827. The van der Waals surface area contributed by atoms with Crippen molar-refractivity contribution < 1.29 is 14.9 Å². The van der Waals surface area contributed by atoms with Crippen molar-refractivity contribution in [3.63, 3.8) is 0 Å². The summed E-state index contributed by atoms with van der Waals surface area (Å²) >= 11 is 0. The normalized spacial score (nSPS) is 11.3. The Kier molecular flexibility index (Phi) is 4.67. The summed E-state index contributed by atoms with van der Waals surface area (Å²) in [6, 6.07) is 0. The molecule has 0 aromatic heterocycles. The van der Waals surface area contributed by atoms with E-state index in [0.717, 1.165) is 0 Å². The summed E-state index contributed by atoms with van der Waals surface area (Å²) < 4.78 is 5.03. The molecule has 0 radical (unpaired) electrons. The minimum absolute atomic E-state index is 0.170. The average molecular weight is 134 g/mol. The van der Waals surface area contributed by atoms with Crippen LogP contribution in [0.5, 0.6) is 0 Å². The van der Waals surface area contributed by atoms with Gasteiger partial charge >= 0.3 is 0 Å². The zero-order valence-electron chi connectivity index (χ0n) is 5.87. The van der Waals surface area contributed by atoms with Crippen LogP contribution >= 0.6 is 0 Å². The van der Waals surface area contributed by atoms with Crippen LogP contribution in [0.2, 0.25) is 0 Å². The van der Waals surface area contributed by atoms with E-state index in [2.05, 4.69) is 0 Å². The summed E-state index contributed by atoms with van der Waals surface area (Å²) in [4.78, 5) is 0. The first-order chi connectivity index (χ1) is 4.13. The molecule has 0 aliphatic carbocycles. The van der Waals surface area contributed by atoms with Crippen LogP contribution in [0.3, 0.4) is 0 Å². The highest BCUT2D eigenvalue weighted by molar-refractivity contribution is 4.39. The lowest BCUT2D eigenvalue weighted by molar-refractivity contribution is -0.0662. The SMILES string of the molecule is CC(C)OCCC(O)O. The molecule has 0 spiro atoms. The molecule has 0 aliphatic heterocycles. The molecule has 0 unspecified atom stereocenters. The quantitative estimate of drug-likeness (QED) is 0.536. The Morgan fingerprint density at radius 3 is 2.22 bits per heavy atom. The van der Waals surface area contributed by atoms with Gasteiger partial charge in [-0.05, 0) is 13.8 Å². The number of hydrogen-bond donors (Lipinski definition) is 2. The molecular formula is C6H14O3. The second-order valence-corrected chi connectivity index (χ2v) is 2.19. The lowest BCUT2D eigenvalue weighted by atomic mass is 10.4. The third-order valence-corrected chi connectivity index (χ3v) is 0.827. The third kappa shape index (κ3) is 7.88. The Bertz CT molecular complexity index is 53.3. The fraction of sp³-hybridized carbons (Fsp3) is 1.00. The number of aliphatic hydroxyl groups excluding tert-OH is 1. The summed E-state index contributed by atoms with van der Waals surface area (Å²) in [6.07, 6.45) is -0.773. The van der Waals surface area contributed by atoms with E-state index in [0.29, 0.717) is 6.61 Å². The van der Waals surface area contributed by atoms with Gasteiger partial charge in [0.1, 0.15) is 0 Å². The molecule has 3 heteroatoms. The molecule has 0 saturated heterocycles. The fourth-order valence-corrected chi connectivity index (χ4v) is 0.409. The monoisotopic (exact) mass is 134 g/mol. The number of rotatable bonds is 4. The predicted molar refractivity (Wildman–Crippen MR) is 33.9 cm³/mol. The molecule has 0 bridgehead atoms. The summed E-state index contributed by atoms with van der Waals surface area (Å²) in [7, 11) is 0. The minimum atomic E-state index is -1.23. The number of ether oxygens (including phenoxy) is 1. The van der Waals surface area contributed by atoms with E-state index in [1.807, 2.05) is 13.8 Å². The Labute approximate surface area is 55.3 Å². The maximum Gasteiger partial charge on any atom is 0.153 e. The van der Waals surface area contributed by atoms with Crippen LogP contribution in [0.15, 0.2) is 0 Å². The van der Waals surface area contributed by atoms with Gasteiger partial charge in [0.2, 0.25) is 0 Å². The van der Waals surface area contributed by atoms with Crippen LogP contribution in [-0.4, -0.2) is 29.2 Å². The van der Waals surface area contributed by atoms with E-state index >= 15 is 0 Å². The van der Waals surface area contributed by atoms with E-state index in [-0.39, 0.29) is 12.5 Å². The maximum atomic E-state index is 8.34. The molecule has 9 heavy (non-hydrogen) atoms. The maximum absolute atomic E-state index is 8.34. The van der Waals surface area contributed by atoms with E-state index in [1.165, 1.54) is 0 Å². The van der Waals surface area contributed by atoms with Crippen LogP contribution in [0.1, 0.15) is 20.3 Å². The van der Waals surface area contributed by atoms with Crippen LogP contribution in [0.4, 0.5) is 0 Å². The van der Waals surface area contributed by atoms with Crippen molar-refractivity contribution in [1.82, 2.24) is 0 Å². The lowest BCUT2D eigenvalue weighted by Crippen LogP contribution is -2.11. The zero-order valence-corrected chi connectivity index (χ0v) is 5.87. The van der Waals surface area contributed by atoms with Gasteiger partial charge in [-0.1, -0.05) is 0 Å². The molecule has 3 nitrogen and oxygen atoms in total. The molecule has 0 aromatic carbocycles. The van der Waals surface area contributed by atoms with Gasteiger partial charge in [-0.15, -0.1) is 0 Å². The van der Waals surface area contributed by atoms with Crippen LogP contribution in [-0.2, 0) is 4.74 Å². The fourth-order valence-electron chi connectivity index (χ4n) is 0.409. The minimum Gasteiger partial charge on any atom is -0.379 e. The van der Waals surface area contributed by atoms with Gasteiger partial charge in [0.25, 0.3) is 0 Å². The largest absolute Gasteiger partial charge is 0.379 e. The van der Waals surface area contributed by atoms with E-state index in [1.54, 1.807) is 0 Å². The van der Waals surface area contributed by atoms with E-state index < -0.39 is 6.29 Å². The summed E-state index contributed by atoms with van der Waals surface area (Å²) in [6.45, 7) is 4.23. The number of aliphatic hydroxyl groups is 2. The highest BCUT2D eigenvalue weighted by atomic mass is 16.5. The second kappa shape index (κ2) is 4.73. The molecule has 0 aromatic rings. The van der Waals surface area contributed by atoms with Gasteiger partial charge < -0.3 is 14.9 Å². The van der Waals surface area contributed by atoms with Gasteiger partial charge in [0, 0.05) is 6.42 Å². The molecule has 0 aliphatic rings. The molecule has 0 heterocycles. The van der Waals surface area contributed by atoms with Crippen molar-refractivity contribution in [3.8, 4) is 0 Å². The Balaban J connectivity index is 2.91. The smallest absolute Gasteiger partial charge is 0.153 e. The van der Waals surface area contributed by atoms with Gasteiger partial charge in [0.15, 0.2) is 6.29 Å². The van der Waals surface area contributed by atoms with E-state index in [9.17, 15) is 0 Å². The van der Waals surface area contributed by atoms with Crippen LogP contribution in [0.25, 0.3) is 0 Å². The first-order valence-corrected chi connectivity index (χ1v) is 3.10. The second-order valence-electron chi connectivity index (χ2n) is 2.19. The Morgan fingerprint density at radius 1 is 1.33 bits per heavy atom. The molecule has 0 atom stereocenters. The molecule has 0 saturated carbocycles. The average Bonchev–Trinajstić information content (AvgIpc) is 1.63. The topological polar surface area (TPSA) is 49.7 Å². The zero-order chi connectivity index (χ0) is 7.28. The highest BCUT2D eigenvalue weighted by Gasteiger charge is 1.97. The van der Waals surface area contributed by atoms with Crippen molar-refractivity contribution in [2.75, 3.05) is 6.61 Å². The summed E-state index contributed by atoms with van der Waals surface area (Å²) in [5.74, 6) is 0. The van der Waals surface area contributed by atoms with Gasteiger partial charge in [-0.25, -0.2) is 0 Å². The lowest BCUT2D eigenvalue weighted by Gasteiger charge is -2.07.